The Labute approximate surface area is 238 Å². The molecule has 8 heteroatoms. The number of Topliss-reactive ketones (excluding diaryl/α,β-unsaturated/α-hetero) is 2. The van der Waals surface area contributed by atoms with E-state index in [9.17, 15) is 18.8 Å². The SMILES string of the molecule is CSc1ccc(C(=O)[C@@H]2CN(C(=O)Oc3ccccc3)C[C@H]2CCc2ccc(OC(C)(C)C(C)=O)c(F)c2)cc1. The lowest BCUT2D eigenvalue weighted by atomic mass is 9.85. The van der Waals surface area contributed by atoms with Crippen LogP contribution >= 0.6 is 11.8 Å². The summed E-state index contributed by atoms with van der Waals surface area (Å²) in [5.41, 5.74) is 0.212. The van der Waals surface area contributed by atoms with Crippen molar-refractivity contribution in [1.29, 1.82) is 0 Å². The van der Waals surface area contributed by atoms with Crippen LogP contribution in [-0.2, 0) is 11.2 Å². The van der Waals surface area contributed by atoms with Gasteiger partial charge in [0, 0.05) is 29.5 Å². The van der Waals surface area contributed by atoms with Gasteiger partial charge in [-0.25, -0.2) is 9.18 Å². The van der Waals surface area contributed by atoms with Gasteiger partial charge in [-0.1, -0.05) is 36.4 Å². The van der Waals surface area contributed by atoms with Crippen LogP contribution in [-0.4, -0.2) is 47.5 Å². The molecule has 0 saturated carbocycles. The molecule has 1 heterocycles. The molecule has 1 aliphatic heterocycles. The number of amides is 1. The zero-order valence-electron chi connectivity index (χ0n) is 23.2. The maximum Gasteiger partial charge on any atom is 0.415 e. The lowest BCUT2D eigenvalue weighted by Crippen LogP contribution is -2.36. The predicted molar refractivity (Wildman–Crippen MR) is 154 cm³/mol. The molecule has 2 atom stereocenters. The third-order valence-corrected chi connectivity index (χ3v) is 8.12. The monoisotopic (exact) mass is 563 g/mol. The van der Waals surface area contributed by atoms with Crippen LogP contribution in [0.2, 0.25) is 0 Å². The number of rotatable bonds is 10. The number of carbonyl (C=O) groups is 3. The Morgan fingerprint density at radius 3 is 2.33 bits per heavy atom. The number of para-hydroxylation sites is 1. The number of nitrogens with zero attached hydrogens (tertiary/aromatic N) is 1. The minimum absolute atomic E-state index is 0.0152. The first-order valence-electron chi connectivity index (χ1n) is 13.3. The van der Waals surface area contributed by atoms with Crippen molar-refractivity contribution in [3.8, 4) is 11.5 Å². The van der Waals surface area contributed by atoms with Crippen molar-refractivity contribution < 1.29 is 28.2 Å². The molecule has 4 rings (SSSR count). The summed E-state index contributed by atoms with van der Waals surface area (Å²) < 4.78 is 26.0. The quantitative estimate of drug-likeness (QED) is 0.198. The average molecular weight is 564 g/mol. The van der Waals surface area contributed by atoms with Crippen molar-refractivity contribution >= 4 is 29.4 Å². The first-order chi connectivity index (χ1) is 19.1. The number of benzene rings is 3. The fourth-order valence-corrected chi connectivity index (χ4v) is 5.12. The number of hydrogen-bond donors (Lipinski definition) is 0. The summed E-state index contributed by atoms with van der Waals surface area (Å²) in [6.45, 7) is 5.22. The number of hydrogen-bond acceptors (Lipinski definition) is 6. The van der Waals surface area contributed by atoms with E-state index in [-0.39, 0.29) is 29.8 Å². The number of carbonyl (C=O) groups excluding carboxylic acids is 3. The molecule has 3 aromatic rings. The highest BCUT2D eigenvalue weighted by atomic mass is 32.2. The molecule has 0 aliphatic carbocycles. The molecule has 3 aromatic carbocycles. The highest BCUT2D eigenvalue weighted by molar-refractivity contribution is 7.98. The van der Waals surface area contributed by atoms with Gasteiger partial charge in [0.15, 0.2) is 28.7 Å². The van der Waals surface area contributed by atoms with Crippen LogP contribution < -0.4 is 9.47 Å². The van der Waals surface area contributed by atoms with E-state index in [1.807, 2.05) is 36.6 Å². The number of ketones is 2. The zero-order valence-corrected chi connectivity index (χ0v) is 24.0. The molecule has 0 spiro atoms. The van der Waals surface area contributed by atoms with Gasteiger partial charge in [-0.05, 0) is 87.7 Å². The van der Waals surface area contributed by atoms with Gasteiger partial charge in [-0.3, -0.25) is 9.59 Å². The van der Waals surface area contributed by atoms with Gasteiger partial charge in [0.25, 0.3) is 0 Å². The number of likely N-dealkylation sites (tertiary alicyclic amines) is 1. The van der Waals surface area contributed by atoms with Crippen LogP contribution in [0.5, 0.6) is 11.5 Å². The van der Waals surface area contributed by atoms with Crippen molar-refractivity contribution in [3.05, 3.63) is 89.7 Å². The zero-order chi connectivity index (χ0) is 28.9. The normalized spacial score (nSPS) is 17.0. The Morgan fingerprint density at radius 1 is 1.00 bits per heavy atom. The minimum atomic E-state index is -1.13. The third kappa shape index (κ3) is 7.10. The van der Waals surface area contributed by atoms with Crippen LogP contribution in [0.15, 0.2) is 77.7 Å². The van der Waals surface area contributed by atoms with E-state index < -0.39 is 23.4 Å². The van der Waals surface area contributed by atoms with E-state index in [0.717, 1.165) is 10.5 Å². The van der Waals surface area contributed by atoms with Crippen LogP contribution in [0.1, 0.15) is 43.1 Å². The number of aryl methyl sites for hydroxylation is 1. The Balaban J connectivity index is 1.49. The van der Waals surface area contributed by atoms with Gasteiger partial charge < -0.3 is 14.4 Å². The number of thioether (sulfide) groups is 1. The molecule has 0 aromatic heterocycles. The highest BCUT2D eigenvalue weighted by Crippen LogP contribution is 2.32. The second-order valence-corrected chi connectivity index (χ2v) is 11.4. The summed E-state index contributed by atoms with van der Waals surface area (Å²) in [5.74, 6) is -0.856. The molecule has 1 fully saturated rings. The average Bonchev–Trinajstić information content (AvgIpc) is 3.38. The largest absolute Gasteiger partial charge is 0.477 e. The molecule has 6 nitrogen and oxygen atoms in total. The van der Waals surface area contributed by atoms with Crippen molar-refractivity contribution in [3.63, 3.8) is 0 Å². The lowest BCUT2D eigenvalue weighted by Gasteiger charge is -2.24. The summed E-state index contributed by atoms with van der Waals surface area (Å²) in [6, 6.07) is 21.0. The van der Waals surface area contributed by atoms with Crippen molar-refractivity contribution in [2.24, 2.45) is 11.8 Å². The first-order valence-corrected chi connectivity index (χ1v) is 14.5. The van der Waals surface area contributed by atoms with Gasteiger partial charge in [-0.2, -0.15) is 0 Å². The summed E-state index contributed by atoms with van der Waals surface area (Å²) >= 11 is 1.60. The van der Waals surface area contributed by atoms with Crippen LogP contribution in [0.3, 0.4) is 0 Å². The van der Waals surface area contributed by atoms with Gasteiger partial charge >= 0.3 is 6.09 Å². The maximum absolute atomic E-state index is 14.8. The molecule has 0 unspecified atom stereocenters. The topological polar surface area (TPSA) is 72.9 Å². The molecule has 0 N–H and O–H groups in total. The van der Waals surface area contributed by atoms with E-state index in [1.165, 1.54) is 19.1 Å². The third-order valence-electron chi connectivity index (χ3n) is 7.37. The fraction of sp³-hybridized carbons (Fsp3) is 0.344. The maximum atomic E-state index is 14.8. The molecule has 210 valence electrons. The molecule has 1 aliphatic rings. The summed E-state index contributed by atoms with van der Waals surface area (Å²) in [6.07, 6.45) is 2.57. The van der Waals surface area contributed by atoms with Gasteiger partial charge in [0.05, 0.1) is 0 Å². The summed E-state index contributed by atoms with van der Waals surface area (Å²) in [5, 5.41) is 0. The van der Waals surface area contributed by atoms with E-state index in [1.54, 1.807) is 60.8 Å². The Kier molecular flexibility index (Phi) is 9.30. The number of ether oxygens (including phenoxy) is 2. The van der Waals surface area contributed by atoms with Crippen molar-refractivity contribution in [1.82, 2.24) is 4.90 Å². The second-order valence-electron chi connectivity index (χ2n) is 10.5. The minimum Gasteiger partial charge on any atom is -0.477 e. The molecule has 0 bridgehead atoms. The molecular weight excluding hydrogens is 529 g/mol. The highest BCUT2D eigenvalue weighted by Gasteiger charge is 2.40. The Bertz CT molecular complexity index is 1360. The van der Waals surface area contributed by atoms with Gasteiger partial charge in [0.2, 0.25) is 0 Å². The molecule has 1 amide bonds. The van der Waals surface area contributed by atoms with E-state index in [0.29, 0.717) is 30.7 Å². The van der Waals surface area contributed by atoms with Crippen LogP contribution in [0.25, 0.3) is 0 Å². The second kappa shape index (κ2) is 12.7. The predicted octanol–water partition coefficient (Wildman–Crippen LogP) is 6.86. The fourth-order valence-electron chi connectivity index (χ4n) is 4.71. The van der Waals surface area contributed by atoms with E-state index >= 15 is 0 Å². The molecule has 1 saturated heterocycles. The standard InChI is InChI=1S/C32H34FNO5S/c1-21(35)32(2,3)39-29-17-11-22(18-28(29)33)10-12-24-19-34(31(37)38-25-8-6-5-7-9-25)20-27(24)30(36)23-13-15-26(40-4)16-14-23/h5-9,11,13-18,24,27H,10,12,19-20H2,1-4H3/t24-,27-/m1/s1. The smallest absolute Gasteiger partial charge is 0.415 e. The van der Waals surface area contributed by atoms with Gasteiger partial charge in [0.1, 0.15) is 5.75 Å². The molecular formula is C32H34FNO5S. The van der Waals surface area contributed by atoms with Crippen molar-refractivity contribution in [2.75, 3.05) is 19.3 Å². The van der Waals surface area contributed by atoms with Crippen LogP contribution in [0, 0.1) is 17.7 Å². The molecule has 40 heavy (non-hydrogen) atoms. The Hall–Kier alpha value is -3.65. The lowest BCUT2D eigenvalue weighted by molar-refractivity contribution is -0.129. The van der Waals surface area contributed by atoms with Crippen molar-refractivity contribution in [2.45, 2.75) is 44.1 Å². The molecule has 0 radical (unpaired) electrons. The number of halogens is 1. The summed E-state index contributed by atoms with van der Waals surface area (Å²) in [7, 11) is 0. The van der Waals surface area contributed by atoms with E-state index in [2.05, 4.69) is 0 Å². The Morgan fingerprint density at radius 2 is 1.70 bits per heavy atom. The van der Waals surface area contributed by atoms with E-state index in [4.69, 9.17) is 9.47 Å². The first kappa shape index (κ1) is 29.3. The van der Waals surface area contributed by atoms with Gasteiger partial charge in [-0.15, -0.1) is 11.8 Å². The van der Waals surface area contributed by atoms with Crippen LogP contribution in [0.4, 0.5) is 9.18 Å². The summed E-state index contributed by atoms with van der Waals surface area (Å²) in [4.78, 5) is 41.0.